The first-order valence-electron chi connectivity index (χ1n) is 8.49. The van der Waals surface area contributed by atoms with Gasteiger partial charge in [0.1, 0.15) is 0 Å². The summed E-state index contributed by atoms with van der Waals surface area (Å²) in [5.74, 6) is 0.853. The van der Waals surface area contributed by atoms with Crippen LogP contribution in [0.15, 0.2) is 17.6 Å². The van der Waals surface area contributed by atoms with Crippen molar-refractivity contribution >= 4 is 28.5 Å². The van der Waals surface area contributed by atoms with Gasteiger partial charge in [0.15, 0.2) is 0 Å². The Morgan fingerprint density at radius 1 is 1.35 bits per heavy atom. The minimum atomic E-state index is 0.156. The van der Waals surface area contributed by atoms with Gasteiger partial charge in [-0.25, -0.2) is 0 Å². The van der Waals surface area contributed by atoms with Gasteiger partial charge in [-0.05, 0) is 44.6 Å². The van der Waals surface area contributed by atoms with Gasteiger partial charge in [0.2, 0.25) is 0 Å². The van der Waals surface area contributed by atoms with Crippen molar-refractivity contribution in [3.05, 3.63) is 28.1 Å². The van der Waals surface area contributed by atoms with Gasteiger partial charge in [-0.3, -0.25) is 4.79 Å². The zero-order valence-corrected chi connectivity index (χ0v) is 14.5. The molecule has 124 valence electrons. The maximum Gasteiger partial charge on any atom is 0.254 e. The van der Waals surface area contributed by atoms with Gasteiger partial charge >= 0.3 is 0 Å². The van der Waals surface area contributed by atoms with Crippen molar-refractivity contribution in [2.75, 3.05) is 6.54 Å². The molecule has 2 atom stereocenters. The number of nitrogens with one attached hydrogen (secondary N) is 1. The Bertz CT molecular complexity index is 632. The van der Waals surface area contributed by atoms with E-state index in [2.05, 4.69) is 4.90 Å². The topological polar surface area (TPSA) is 70.2 Å². The van der Waals surface area contributed by atoms with E-state index in [0.29, 0.717) is 23.2 Å². The normalized spacial score (nSPS) is 25.1. The fourth-order valence-electron chi connectivity index (χ4n) is 4.02. The highest BCUT2D eigenvalue weighted by atomic mass is 32.1. The number of likely N-dealkylation sites (tertiary alicyclic amines) is 1. The van der Waals surface area contributed by atoms with Crippen LogP contribution in [-0.4, -0.2) is 29.1 Å². The monoisotopic (exact) mass is 331 g/mol. The molecule has 0 radical (unpaired) electrons. The van der Waals surface area contributed by atoms with E-state index < -0.39 is 0 Å². The molecular weight excluding hydrogens is 306 g/mol. The van der Waals surface area contributed by atoms with Crippen molar-refractivity contribution in [2.45, 2.75) is 51.5 Å². The van der Waals surface area contributed by atoms with E-state index >= 15 is 0 Å². The van der Waals surface area contributed by atoms with Crippen LogP contribution in [0.1, 0.15) is 60.7 Å². The molecule has 1 saturated carbocycles. The molecule has 4 nitrogen and oxygen atoms in total. The predicted octanol–water partition coefficient (Wildman–Crippen LogP) is 3.88. The number of fused-ring (bicyclic) bond motifs is 1. The SMILES string of the molecule is CC(=N)/C(=C\N)c1cc(C(=O)N2CCCC3CCCCC32)cs1. The molecule has 2 unspecified atom stereocenters. The molecular formula is C18H25N3OS. The molecule has 1 amide bonds. The summed E-state index contributed by atoms with van der Waals surface area (Å²) in [5.41, 5.74) is 7.52. The highest BCUT2D eigenvalue weighted by Crippen LogP contribution is 2.36. The highest BCUT2D eigenvalue weighted by molar-refractivity contribution is 7.11. The van der Waals surface area contributed by atoms with Gasteiger partial charge in [0.25, 0.3) is 5.91 Å². The second-order valence-corrected chi connectivity index (χ2v) is 7.57. The molecule has 0 aromatic carbocycles. The number of carbonyl (C=O) groups excluding carboxylic acids is 1. The summed E-state index contributed by atoms with van der Waals surface area (Å²) in [6.45, 7) is 2.60. The van der Waals surface area contributed by atoms with Gasteiger partial charge < -0.3 is 16.0 Å². The Hall–Kier alpha value is -1.62. The first-order chi connectivity index (χ1) is 11.1. The summed E-state index contributed by atoms with van der Waals surface area (Å²) in [6.07, 6.45) is 8.84. The van der Waals surface area contributed by atoms with Gasteiger partial charge in [-0.15, -0.1) is 11.3 Å². The lowest BCUT2D eigenvalue weighted by Crippen LogP contribution is -2.49. The van der Waals surface area contributed by atoms with Crippen LogP contribution in [0.25, 0.3) is 5.57 Å². The molecule has 2 heterocycles. The fraction of sp³-hybridized carbons (Fsp3) is 0.556. The number of hydrogen-bond donors (Lipinski definition) is 2. The Balaban J connectivity index is 1.80. The third-order valence-electron chi connectivity index (χ3n) is 5.19. The van der Waals surface area contributed by atoms with E-state index in [-0.39, 0.29) is 5.91 Å². The van der Waals surface area contributed by atoms with Crippen molar-refractivity contribution in [1.82, 2.24) is 4.90 Å². The minimum Gasteiger partial charge on any atom is -0.404 e. The number of piperidine rings is 1. The quantitative estimate of drug-likeness (QED) is 0.825. The molecule has 1 aliphatic heterocycles. The maximum atomic E-state index is 13.0. The summed E-state index contributed by atoms with van der Waals surface area (Å²) in [4.78, 5) is 16.0. The van der Waals surface area contributed by atoms with E-state index in [0.717, 1.165) is 29.8 Å². The Labute approximate surface area is 141 Å². The molecule has 1 aliphatic carbocycles. The molecule has 0 bridgehead atoms. The zero-order valence-electron chi connectivity index (χ0n) is 13.7. The number of rotatable bonds is 3. The number of thiophene rings is 1. The van der Waals surface area contributed by atoms with Crippen LogP contribution in [0.4, 0.5) is 0 Å². The molecule has 3 N–H and O–H groups in total. The lowest BCUT2D eigenvalue weighted by molar-refractivity contribution is 0.0391. The van der Waals surface area contributed by atoms with Crippen molar-refractivity contribution in [1.29, 1.82) is 5.41 Å². The number of nitrogens with zero attached hydrogens (tertiary/aromatic N) is 1. The average Bonchev–Trinajstić information content (AvgIpc) is 3.03. The lowest BCUT2D eigenvalue weighted by atomic mass is 9.78. The molecule has 1 saturated heterocycles. The van der Waals surface area contributed by atoms with Crippen molar-refractivity contribution < 1.29 is 4.79 Å². The number of amides is 1. The Kier molecular flexibility index (Phi) is 4.85. The van der Waals surface area contributed by atoms with Crippen molar-refractivity contribution in [2.24, 2.45) is 11.7 Å². The van der Waals surface area contributed by atoms with Gasteiger partial charge in [-0.1, -0.05) is 12.8 Å². The zero-order chi connectivity index (χ0) is 16.4. The predicted molar refractivity (Wildman–Crippen MR) is 95.9 cm³/mol. The number of nitrogens with two attached hydrogens (primary N) is 1. The minimum absolute atomic E-state index is 0.156. The van der Waals surface area contributed by atoms with E-state index in [4.69, 9.17) is 11.1 Å². The molecule has 1 aromatic rings. The van der Waals surface area contributed by atoms with Crippen LogP contribution in [0.2, 0.25) is 0 Å². The van der Waals surface area contributed by atoms with Gasteiger partial charge in [-0.2, -0.15) is 0 Å². The molecule has 5 heteroatoms. The van der Waals surface area contributed by atoms with Crippen molar-refractivity contribution in [3.63, 3.8) is 0 Å². The summed E-state index contributed by atoms with van der Waals surface area (Å²) < 4.78 is 0. The fourth-order valence-corrected chi connectivity index (χ4v) is 4.99. The van der Waals surface area contributed by atoms with Crippen LogP contribution < -0.4 is 5.73 Å². The second-order valence-electron chi connectivity index (χ2n) is 6.66. The summed E-state index contributed by atoms with van der Waals surface area (Å²) in [5, 5.41) is 9.70. The Morgan fingerprint density at radius 3 is 2.83 bits per heavy atom. The standard InChI is InChI=1S/C18H25N3OS/c1-12(20)15(10-19)17-9-14(11-23-17)18(22)21-8-4-6-13-5-2-3-7-16(13)21/h9-11,13,16,20H,2-8,19H2,1H3/b15-10+,20-12?. The molecule has 2 fully saturated rings. The lowest BCUT2D eigenvalue weighted by Gasteiger charge is -2.44. The first kappa shape index (κ1) is 16.2. The number of allylic oxidation sites excluding steroid dienone is 1. The molecule has 23 heavy (non-hydrogen) atoms. The van der Waals surface area contributed by atoms with Crippen LogP contribution in [0, 0.1) is 11.3 Å². The summed E-state index contributed by atoms with van der Waals surface area (Å²) >= 11 is 1.50. The van der Waals surface area contributed by atoms with Crippen LogP contribution >= 0.6 is 11.3 Å². The van der Waals surface area contributed by atoms with Crippen LogP contribution in [0.3, 0.4) is 0 Å². The summed E-state index contributed by atoms with van der Waals surface area (Å²) in [6, 6.07) is 2.33. The molecule has 0 spiro atoms. The third-order valence-corrected chi connectivity index (χ3v) is 6.15. The molecule has 2 aliphatic rings. The van der Waals surface area contributed by atoms with E-state index in [1.54, 1.807) is 6.92 Å². The smallest absolute Gasteiger partial charge is 0.254 e. The van der Waals surface area contributed by atoms with Gasteiger partial charge in [0, 0.05) is 40.3 Å². The van der Waals surface area contributed by atoms with E-state index in [9.17, 15) is 4.79 Å². The maximum absolute atomic E-state index is 13.0. The molecule has 1 aromatic heterocycles. The summed E-state index contributed by atoms with van der Waals surface area (Å²) in [7, 11) is 0. The first-order valence-corrected chi connectivity index (χ1v) is 9.37. The molecule has 3 rings (SSSR count). The van der Waals surface area contributed by atoms with E-state index in [1.807, 2.05) is 11.4 Å². The van der Waals surface area contributed by atoms with Crippen molar-refractivity contribution in [3.8, 4) is 0 Å². The van der Waals surface area contributed by atoms with Crippen LogP contribution in [0.5, 0.6) is 0 Å². The highest BCUT2D eigenvalue weighted by Gasteiger charge is 2.36. The number of carbonyl (C=O) groups is 1. The van der Waals surface area contributed by atoms with E-state index in [1.165, 1.54) is 43.2 Å². The number of hydrogen-bond acceptors (Lipinski definition) is 4. The largest absolute Gasteiger partial charge is 0.404 e. The third kappa shape index (κ3) is 3.20. The average molecular weight is 331 g/mol. The Morgan fingerprint density at radius 2 is 2.09 bits per heavy atom. The van der Waals surface area contributed by atoms with Crippen LogP contribution in [-0.2, 0) is 0 Å². The van der Waals surface area contributed by atoms with Gasteiger partial charge in [0.05, 0.1) is 5.56 Å². The second kappa shape index (κ2) is 6.87.